The van der Waals surface area contributed by atoms with E-state index in [0.29, 0.717) is 17.2 Å². The first kappa shape index (κ1) is 21.0. The van der Waals surface area contributed by atoms with Gasteiger partial charge in [0.25, 0.3) is 5.91 Å². The predicted molar refractivity (Wildman–Crippen MR) is 123 cm³/mol. The maximum atomic E-state index is 13.7. The van der Waals surface area contributed by atoms with Crippen molar-refractivity contribution >= 4 is 23.2 Å². The van der Waals surface area contributed by atoms with E-state index in [0.717, 1.165) is 16.8 Å². The molecule has 0 bridgehead atoms. The Morgan fingerprint density at radius 3 is 2.15 bits per heavy atom. The minimum absolute atomic E-state index is 0.285. The molecule has 2 aliphatic rings. The van der Waals surface area contributed by atoms with Crippen LogP contribution in [0.3, 0.4) is 0 Å². The van der Waals surface area contributed by atoms with Gasteiger partial charge in [-0.1, -0.05) is 42.0 Å². The second-order valence-electron chi connectivity index (χ2n) is 8.12. The molecule has 3 aromatic carbocycles. The number of carbonyl (C=O) groups excluding carboxylic acids is 2. The summed E-state index contributed by atoms with van der Waals surface area (Å²) in [6.07, 6.45) is -0.919. The van der Waals surface area contributed by atoms with E-state index in [-0.39, 0.29) is 11.8 Å². The fourth-order valence-electron chi connectivity index (χ4n) is 4.54. The third-order valence-corrected chi connectivity index (χ3v) is 6.17. The van der Waals surface area contributed by atoms with Crippen molar-refractivity contribution < 1.29 is 23.9 Å². The van der Waals surface area contributed by atoms with Crippen LogP contribution >= 0.6 is 0 Å². The van der Waals surface area contributed by atoms with E-state index in [1.54, 1.807) is 37.5 Å². The molecule has 33 heavy (non-hydrogen) atoms. The molecule has 0 aromatic heterocycles. The summed E-state index contributed by atoms with van der Waals surface area (Å²) in [6.45, 7) is 1.96. The highest BCUT2D eigenvalue weighted by Gasteiger charge is 2.60. The Morgan fingerprint density at radius 1 is 0.788 bits per heavy atom. The molecule has 0 unspecified atom stereocenters. The fourth-order valence-corrected chi connectivity index (χ4v) is 4.54. The smallest absolute Gasteiger partial charge is 0.266 e. The van der Waals surface area contributed by atoms with Crippen LogP contribution in [0.25, 0.3) is 0 Å². The van der Waals surface area contributed by atoms with Gasteiger partial charge < -0.3 is 9.47 Å². The van der Waals surface area contributed by atoms with Gasteiger partial charge in [-0.2, -0.15) is 0 Å². The van der Waals surface area contributed by atoms with Crippen molar-refractivity contribution in [3.63, 3.8) is 0 Å². The third-order valence-electron chi connectivity index (χ3n) is 6.17. The number of nitrogens with zero attached hydrogens (tertiary/aromatic N) is 2. The quantitative estimate of drug-likeness (QED) is 0.553. The van der Waals surface area contributed by atoms with Crippen molar-refractivity contribution in [1.82, 2.24) is 0 Å². The summed E-state index contributed by atoms with van der Waals surface area (Å²) in [5.41, 5.74) is 3.14. The van der Waals surface area contributed by atoms with Gasteiger partial charge >= 0.3 is 0 Å². The molecular weight excluding hydrogens is 420 g/mol. The van der Waals surface area contributed by atoms with Crippen molar-refractivity contribution in [3.8, 4) is 11.5 Å². The van der Waals surface area contributed by atoms with Gasteiger partial charge in [0.05, 0.1) is 31.6 Å². The number of hydroxylamine groups is 1. The molecule has 2 aliphatic heterocycles. The molecule has 0 spiro atoms. The molecule has 7 heteroatoms. The highest BCUT2D eigenvalue weighted by atomic mass is 16.7. The number of para-hydroxylation sites is 1. The van der Waals surface area contributed by atoms with Crippen molar-refractivity contribution in [1.29, 1.82) is 0 Å². The van der Waals surface area contributed by atoms with Crippen molar-refractivity contribution in [2.75, 3.05) is 24.2 Å². The largest absolute Gasteiger partial charge is 0.493 e. The maximum absolute atomic E-state index is 13.7. The third kappa shape index (κ3) is 3.41. The van der Waals surface area contributed by atoms with E-state index in [2.05, 4.69) is 0 Å². The second-order valence-corrected chi connectivity index (χ2v) is 8.12. The van der Waals surface area contributed by atoms with Crippen LogP contribution in [0.15, 0.2) is 72.8 Å². The summed E-state index contributed by atoms with van der Waals surface area (Å²) in [7, 11) is 3.13. The van der Waals surface area contributed by atoms with E-state index in [9.17, 15) is 9.59 Å². The lowest BCUT2D eigenvalue weighted by Crippen LogP contribution is -2.37. The molecule has 168 valence electrons. The zero-order valence-corrected chi connectivity index (χ0v) is 18.6. The minimum Gasteiger partial charge on any atom is -0.493 e. The van der Waals surface area contributed by atoms with Crippen molar-refractivity contribution in [3.05, 3.63) is 83.9 Å². The molecule has 2 amide bonds. The van der Waals surface area contributed by atoms with Crippen LogP contribution in [-0.4, -0.2) is 32.1 Å². The van der Waals surface area contributed by atoms with Gasteiger partial charge in [-0.05, 0) is 48.9 Å². The molecule has 0 aliphatic carbocycles. The molecule has 0 radical (unpaired) electrons. The Morgan fingerprint density at radius 2 is 1.48 bits per heavy atom. The summed E-state index contributed by atoms with van der Waals surface area (Å²) in [6, 6.07) is 21.8. The highest BCUT2D eigenvalue weighted by molar-refractivity contribution is 6.23. The molecule has 2 saturated heterocycles. The average molecular weight is 444 g/mol. The predicted octanol–water partition coefficient (Wildman–Crippen LogP) is 4.06. The van der Waals surface area contributed by atoms with Crippen LogP contribution in [0.1, 0.15) is 17.2 Å². The number of hydrogen-bond donors (Lipinski definition) is 0. The Labute approximate surface area is 192 Å². The first-order chi connectivity index (χ1) is 16.0. The van der Waals surface area contributed by atoms with Crippen LogP contribution in [-0.2, 0) is 14.4 Å². The van der Waals surface area contributed by atoms with Crippen LogP contribution in [0.2, 0.25) is 0 Å². The lowest BCUT2D eigenvalue weighted by atomic mass is 9.90. The lowest BCUT2D eigenvalue weighted by molar-refractivity contribution is -0.126. The van der Waals surface area contributed by atoms with Gasteiger partial charge in [-0.15, -0.1) is 0 Å². The number of aryl methyl sites for hydroxylation is 1. The molecule has 7 nitrogen and oxygen atoms in total. The van der Waals surface area contributed by atoms with Gasteiger partial charge in [0, 0.05) is 0 Å². The Balaban J connectivity index is 1.60. The topological polar surface area (TPSA) is 68.3 Å². The number of fused-ring (bicyclic) bond motifs is 1. The number of anilines is 2. The first-order valence-electron chi connectivity index (χ1n) is 10.7. The summed E-state index contributed by atoms with van der Waals surface area (Å²) in [5, 5.41) is 1.67. The molecule has 3 atom stereocenters. The number of benzene rings is 3. The van der Waals surface area contributed by atoms with Crippen molar-refractivity contribution in [2.45, 2.75) is 19.1 Å². The lowest BCUT2D eigenvalue weighted by Gasteiger charge is -2.29. The Hall–Kier alpha value is -3.84. The molecular formula is C26H24N2O5. The van der Waals surface area contributed by atoms with Gasteiger partial charge in [0.2, 0.25) is 5.91 Å². The van der Waals surface area contributed by atoms with E-state index in [4.69, 9.17) is 14.3 Å². The number of hydrogen-bond acceptors (Lipinski definition) is 6. The summed E-state index contributed by atoms with van der Waals surface area (Å²) in [4.78, 5) is 34.4. The highest BCUT2D eigenvalue weighted by Crippen LogP contribution is 2.48. The van der Waals surface area contributed by atoms with E-state index in [1.807, 2.05) is 61.5 Å². The second kappa shape index (κ2) is 8.26. The SMILES string of the molecule is COc1ccc([C@@H]2[C@@H]3C(=O)N(c4ccc(C)cc4)C(=O)[C@H]3ON2c2ccccc2)cc1OC. The van der Waals surface area contributed by atoms with E-state index < -0.39 is 18.1 Å². The maximum Gasteiger partial charge on any atom is 0.266 e. The number of methoxy groups -OCH3 is 2. The molecule has 0 saturated carbocycles. The first-order valence-corrected chi connectivity index (χ1v) is 10.7. The standard InChI is InChI=1S/C26H24N2O5/c1-16-9-12-18(13-10-16)27-25(29)22-23(17-11-14-20(31-2)21(15-17)32-3)28(33-24(22)26(27)30)19-7-5-4-6-8-19/h4-15,22-24H,1-3H3/t22-,23+,24-/m0/s1. The number of carbonyl (C=O) groups is 2. The van der Waals surface area contributed by atoms with Crippen LogP contribution in [0.5, 0.6) is 11.5 Å². The summed E-state index contributed by atoms with van der Waals surface area (Å²) in [5.74, 6) is -0.237. The van der Waals surface area contributed by atoms with Crippen molar-refractivity contribution in [2.24, 2.45) is 5.92 Å². The summed E-state index contributed by atoms with van der Waals surface area (Å²) < 4.78 is 10.9. The molecule has 0 N–H and O–H groups in total. The van der Waals surface area contributed by atoms with Gasteiger partial charge in [0.15, 0.2) is 17.6 Å². The van der Waals surface area contributed by atoms with Crippen LogP contribution in [0, 0.1) is 12.8 Å². The molecule has 5 rings (SSSR count). The number of amides is 2. The Bertz CT molecular complexity index is 1200. The molecule has 3 aromatic rings. The monoisotopic (exact) mass is 444 g/mol. The average Bonchev–Trinajstić information content (AvgIpc) is 3.36. The van der Waals surface area contributed by atoms with Gasteiger partial charge in [-0.25, -0.2) is 9.96 Å². The number of ether oxygens (including phenoxy) is 2. The zero-order valence-electron chi connectivity index (χ0n) is 18.6. The minimum atomic E-state index is -0.919. The van der Waals surface area contributed by atoms with Crippen LogP contribution in [0.4, 0.5) is 11.4 Å². The van der Waals surface area contributed by atoms with E-state index >= 15 is 0 Å². The van der Waals surface area contributed by atoms with Crippen LogP contribution < -0.4 is 19.4 Å². The van der Waals surface area contributed by atoms with E-state index in [1.165, 1.54) is 4.90 Å². The summed E-state index contributed by atoms with van der Waals surface area (Å²) >= 11 is 0. The van der Waals surface area contributed by atoms with Gasteiger partial charge in [-0.3, -0.25) is 14.4 Å². The van der Waals surface area contributed by atoms with Gasteiger partial charge in [0.1, 0.15) is 5.92 Å². The Kier molecular flexibility index (Phi) is 5.26. The molecule has 2 fully saturated rings. The number of rotatable bonds is 5. The fraction of sp³-hybridized carbons (Fsp3) is 0.231. The number of imide groups is 1. The molecule has 2 heterocycles. The normalized spacial score (nSPS) is 22.0. The zero-order chi connectivity index (χ0) is 23.1.